The highest BCUT2D eigenvalue weighted by Gasteiger charge is 2.70. The highest BCUT2D eigenvalue weighted by atomic mass is 32.2. The van der Waals surface area contributed by atoms with E-state index in [-0.39, 0.29) is 23.9 Å². The number of halogens is 1. The number of hydrogen-bond donors (Lipinski definition) is 2. The van der Waals surface area contributed by atoms with Crippen molar-refractivity contribution in [1.82, 2.24) is 0 Å². The molecular formula is C18H20FNO3S. The molecule has 6 heteroatoms. The first kappa shape index (κ1) is 17.1. The van der Waals surface area contributed by atoms with Crippen LogP contribution in [0.5, 0.6) is 0 Å². The molecule has 1 fully saturated rings. The van der Waals surface area contributed by atoms with Crippen molar-refractivity contribution >= 4 is 9.84 Å². The zero-order valence-electron chi connectivity index (χ0n) is 13.3. The van der Waals surface area contributed by atoms with E-state index in [0.717, 1.165) is 5.56 Å². The molecule has 3 N–H and O–H groups in total. The highest BCUT2D eigenvalue weighted by molar-refractivity contribution is 7.92. The van der Waals surface area contributed by atoms with Crippen LogP contribution in [0.3, 0.4) is 0 Å². The summed E-state index contributed by atoms with van der Waals surface area (Å²) in [5, 5.41) is 9.04. The molecule has 0 radical (unpaired) electrons. The number of aliphatic hydroxyl groups is 1. The molecule has 0 spiro atoms. The fourth-order valence-electron chi connectivity index (χ4n) is 3.49. The molecule has 4 nitrogen and oxygen atoms in total. The molecule has 0 heterocycles. The number of hydrogen-bond acceptors (Lipinski definition) is 4. The summed E-state index contributed by atoms with van der Waals surface area (Å²) in [7, 11) is -3.66. The summed E-state index contributed by atoms with van der Waals surface area (Å²) in [6, 6.07) is 12.3. The van der Waals surface area contributed by atoms with Gasteiger partial charge in [-0.1, -0.05) is 29.8 Å². The van der Waals surface area contributed by atoms with Crippen molar-refractivity contribution in [3.63, 3.8) is 0 Å². The van der Waals surface area contributed by atoms with Gasteiger partial charge in [-0.3, -0.25) is 0 Å². The average molecular weight is 349 g/mol. The second-order valence-electron chi connectivity index (χ2n) is 6.40. The van der Waals surface area contributed by atoms with E-state index in [1.54, 1.807) is 36.4 Å². The quantitative estimate of drug-likeness (QED) is 0.865. The van der Waals surface area contributed by atoms with Crippen LogP contribution in [0, 0.1) is 18.2 Å². The highest BCUT2D eigenvalue weighted by Crippen LogP contribution is 2.63. The lowest BCUT2D eigenvalue weighted by Gasteiger charge is -2.12. The van der Waals surface area contributed by atoms with E-state index < -0.39 is 26.4 Å². The second kappa shape index (κ2) is 5.95. The number of rotatable bonds is 5. The fourth-order valence-corrected chi connectivity index (χ4v) is 5.94. The van der Waals surface area contributed by atoms with Crippen molar-refractivity contribution in [3.05, 3.63) is 65.5 Å². The van der Waals surface area contributed by atoms with Gasteiger partial charge in [-0.25, -0.2) is 12.8 Å². The van der Waals surface area contributed by atoms with E-state index >= 15 is 0 Å². The van der Waals surface area contributed by atoms with Gasteiger partial charge in [0.05, 0.1) is 16.8 Å². The Labute approximate surface area is 141 Å². The maximum atomic E-state index is 13.2. The molecule has 0 amide bonds. The normalized spacial score (nSPS) is 26.3. The predicted molar refractivity (Wildman–Crippen MR) is 89.9 cm³/mol. The van der Waals surface area contributed by atoms with Crippen LogP contribution < -0.4 is 5.73 Å². The van der Waals surface area contributed by atoms with Gasteiger partial charge in [0.25, 0.3) is 0 Å². The van der Waals surface area contributed by atoms with Gasteiger partial charge in [0.15, 0.2) is 9.84 Å². The van der Waals surface area contributed by atoms with Gasteiger partial charge >= 0.3 is 0 Å². The minimum atomic E-state index is -3.66. The molecule has 3 rings (SSSR count). The summed E-state index contributed by atoms with van der Waals surface area (Å²) in [4.78, 5) is 0.217. The zero-order chi connectivity index (χ0) is 17.5. The maximum Gasteiger partial charge on any atom is 0.182 e. The standard InChI is InChI=1S/C18H20FNO3S/c1-12-2-8-15(9-3-12)24(22,23)17-16(18(17,10-20)11-21)13-4-6-14(19)7-5-13/h2-9,16-17,21H,10-11,20H2,1H3. The summed E-state index contributed by atoms with van der Waals surface area (Å²) in [5.41, 5.74) is 6.54. The van der Waals surface area contributed by atoms with E-state index in [9.17, 15) is 17.9 Å². The Bertz CT molecular complexity index is 828. The van der Waals surface area contributed by atoms with Crippen molar-refractivity contribution in [2.45, 2.75) is 23.0 Å². The van der Waals surface area contributed by atoms with Crippen LogP contribution in [0.15, 0.2) is 53.4 Å². The Hall–Kier alpha value is -1.76. The van der Waals surface area contributed by atoms with Crippen LogP contribution in [0.25, 0.3) is 0 Å². The summed E-state index contributed by atoms with van der Waals surface area (Å²) >= 11 is 0. The first-order chi connectivity index (χ1) is 11.4. The molecule has 1 aliphatic carbocycles. The van der Waals surface area contributed by atoms with Gasteiger partial charge in [0.1, 0.15) is 5.82 Å². The third-order valence-electron chi connectivity index (χ3n) is 4.97. The lowest BCUT2D eigenvalue weighted by molar-refractivity contribution is 0.212. The average Bonchev–Trinajstić information content (AvgIpc) is 3.26. The van der Waals surface area contributed by atoms with Crippen LogP contribution in [0.4, 0.5) is 4.39 Å². The minimum absolute atomic E-state index is 0.0430. The van der Waals surface area contributed by atoms with Crippen LogP contribution in [0.2, 0.25) is 0 Å². The van der Waals surface area contributed by atoms with Gasteiger partial charge in [0.2, 0.25) is 0 Å². The molecule has 1 aliphatic rings. The zero-order valence-corrected chi connectivity index (χ0v) is 14.1. The lowest BCUT2D eigenvalue weighted by Crippen LogP contribution is -2.27. The smallest absolute Gasteiger partial charge is 0.182 e. The fraction of sp³-hybridized carbons (Fsp3) is 0.333. The largest absolute Gasteiger partial charge is 0.396 e. The van der Waals surface area contributed by atoms with Gasteiger partial charge in [0, 0.05) is 17.9 Å². The van der Waals surface area contributed by atoms with E-state index in [1.807, 2.05) is 6.92 Å². The van der Waals surface area contributed by atoms with Gasteiger partial charge in [-0.2, -0.15) is 0 Å². The third kappa shape index (κ3) is 2.55. The summed E-state index contributed by atoms with van der Waals surface area (Å²) < 4.78 is 39.3. The Kier molecular flexibility index (Phi) is 4.23. The molecule has 0 aliphatic heterocycles. The maximum absolute atomic E-state index is 13.2. The minimum Gasteiger partial charge on any atom is -0.396 e. The van der Waals surface area contributed by atoms with Gasteiger partial charge in [-0.05, 0) is 36.8 Å². The van der Waals surface area contributed by atoms with Crippen LogP contribution in [-0.4, -0.2) is 31.9 Å². The summed E-state index contributed by atoms with van der Waals surface area (Å²) in [5.74, 6) is -0.834. The van der Waals surface area contributed by atoms with E-state index in [0.29, 0.717) is 5.56 Å². The number of aryl methyl sites for hydroxylation is 1. The Morgan fingerprint density at radius 2 is 1.71 bits per heavy atom. The molecule has 24 heavy (non-hydrogen) atoms. The molecule has 0 aromatic heterocycles. The van der Waals surface area contributed by atoms with Crippen molar-refractivity contribution in [2.75, 3.05) is 13.2 Å². The topological polar surface area (TPSA) is 80.4 Å². The van der Waals surface area contributed by atoms with Crippen LogP contribution in [-0.2, 0) is 9.84 Å². The molecule has 2 aromatic carbocycles. The number of sulfone groups is 1. The van der Waals surface area contributed by atoms with E-state index in [4.69, 9.17) is 5.73 Å². The van der Waals surface area contributed by atoms with Crippen molar-refractivity contribution in [2.24, 2.45) is 11.1 Å². The van der Waals surface area contributed by atoms with Crippen LogP contribution >= 0.6 is 0 Å². The molecule has 1 saturated carbocycles. The van der Waals surface area contributed by atoms with Crippen molar-refractivity contribution < 1.29 is 17.9 Å². The van der Waals surface area contributed by atoms with E-state index in [1.165, 1.54) is 12.1 Å². The monoisotopic (exact) mass is 349 g/mol. The Morgan fingerprint density at radius 3 is 2.21 bits per heavy atom. The molecular weight excluding hydrogens is 329 g/mol. The summed E-state index contributed by atoms with van der Waals surface area (Å²) in [6.07, 6.45) is 0. The Balaban J connectivity index is 2.04. The van der Waals surface area contributed by atoms with E-state index in [2.05, 4.69) is 0 Å². The Morgan fingerprint density at radius 1 is 1.12 bits per heavy atom. The van der Waals surface area contributed by atoms with Crippen molar-refractivity contribution in [1.29, 1.82) is 0 Å². The van der Waals surface area contributed by atoms with Gasteiger partial charge < -0.3 is 10.8 Å². The third-order valence-corrected chi connectivity index (χ3v) is 7.31. The summed E-state index contributed by atoms with van der Waals surface area (Å²) in [6.45, 7) is 1.59. The number of benzene rings is 2. The first-order valence-corrected chi connectivity index (χ1v) is 9.28. The van der Waals surface area contributed by atoms with Gasteiger partial charge in [-0.15, -0.1) is 0 Å². The predicted octanol–water partition coefficient (Wildman–Crippen LogP) is 2.01. The first-order valence-electron chi connectivity index (χ1n) is 7.74. The molecule has 128 valence electrons. The molecule has 0 bridgehead atoms. The van der Waals surface area contributed by atoms with Crippen LogP contribution in [0.1, 0.15) is 17.0 Å². The molecule has 0 saturated heterocycles. The molecule has 2 aromatic rings. The van der Waals surface area contributed by atoms with Crippen molar-refractivity contribution in [3.8, 4) is 0 Å². The molecule has 3 atom stereocenters. The molecule has 3 unspecified atom stereocenters. The SMILES string of the molecule is Cc1ccc(S(=O)(=O)C2C(c3ccc(F)cc3)C2(CN)CO)cc1. The number of aliphatic hydroxyl groups excluding tert-OH is 1. The lowest BCUT2D eigenvalue weighted by atomic mass is 10.0. The second-order valence-corrected chi connectivity index (χ2v) is 8.47. The number of nitrogens with two attached hydrogens (primary N) is 1.